The highest BCUT2D eigenvalue weighted by molar-refractivity contribution is 5.90. The number of hydroxylamine groups is 4. The highest BCUT2D eigenvalue weighted by Gasteiger charge is 2.13. The number of rotatable bonds is 12. The molecule has 10 heteroatoms. The van der Waals surface area contributed by atoms with Crippen molar-refractivity contribution in [2.75, 3.05) is 41.0 Å². The van der Waals surface area contributed by atoms with Crippen LogP contribution in [0.3, 0.4) is 0 Å². The van der Waals surface area contributed by atoms with E-state index in [1.165, 1.54) is 7.05 Å². The van der Waals surface area contributed by atoms with Gasteiger partial charge in [0.05, 0.1) is 26.2 Å². The first-order valence-corrected chi connectivity index (χ1v) is 9.61. The first-order valence-electron chi connectivity index (χ1n) is 9.61. The molecule has 0 bridgehead atoms. The van der Waals surface area contributed by atoms with Crippen LogP contribution >= 0.6 is 0 Å². The van der Waals surface area contributed by atoms with E-state index in [4.69, 9.17) is 14.4 Å². The summed E-state index contributed by atoms with van der Waals surface area (Å²) < 4.78 is 5.16. The molecule has 1 rings (SSSR count). The third-order valence-electron chi connectivity index (χ3n) is 3.59. The average Bonchev–Trinajstić information content (AvgIpc) is 2.99. The fraction of sp³-hybridized carbons (Fsp3) is 0.476. The van der Waals surface area contributed by atoms with E-state index < -0.39 is 11.9 Å². The van der Waals surface area contributed by atoms with Gasteiger partial charge >= 0.3 is 5.97 Å². The Kier molecular flexibility index (Phi) is 16.2. The molecule has 0 radical (unpaired) electrons. The van der Waals surface area contributed by atoms with Crippen LogP contribution in [0.25, 0.3) is 0 Å². The van der Waals surface area contributed by atoms with Gasteiger partial charge in [-0.05, 0) is 6.42 Å². The molecule has 0 aliphatic heterocycles. The number of carbonyl (C=O) groups excluding carboxylic acids is 5. The Balaban J connectivity index is 0.000000683. The Morgan fingerprint density at radius 1 is 1.00 bits per heavy atom. The Morgan fingerprint density at radius 2 is 1.74 bits per heavy atom. The molecule has 1 aliphatic carbocycles. The minimum absolute atomic E-state index is 0.0195. The first kappa shape index (κ1) is 28.1. The van der Waals surface area contributed by atoms with Crippen LogP contribution in [0.4, 0.5) is 0 Å². The standard InChI is InChI=1S/C12H22N2O6.C9H8O2/c1-13(2)19-10-9-18-8-6-12(17)20-14(3)11(16)5-4-7-15;10-6-8-4-2-1-3-5-9(8)7-11/h7H,4-6,8-10H2,1-3H3;1-4,6-7H,5H2. The van der Waals surface area contributed by atoms with Crippen molar-refractivity contribution in [3.63, 3.8) is 0 Å². The summed E-state index contributed by atoms with van der Waals surface area (Å²) in [5.41, 5.74) is 1.02. The first-order chi connectivity index (χ1) is 14.8. The average molecular weight is 438 g/mol. The lowest BCUT2D eigenvalue weighted by Crippen LogP contribution is -2.30. The molecule has 0 fully saturated rings. The van der Waals surface area contributed by atoms with Crippen LogP contribution in [-0.4, -0.2) is 81.8 Å². The lowest BCUT2D eigenvalue weighted by Gasteiger charge is -2.15. The zero-order valence-corrected chi connectivity index (χ0v) is 18.2. The quantitative estimate of drug-likeness (QED) is 0.249. The van der Waals surface area contributed by atoms with Gasteiger partial charge in [0.15, 0.2) is 0 Å². The van der Waals surface area contributed by atoms with Crippen LogP contribution in [0.5, 0.6) is 0 Å². The largest absolute Gasteiger partial charge is 0.378 e. The molecule has 1 amide bonds. The van der Waals surface area contributed by atoms with Gasteiger partial charge in [-0.3, -0.25) is 19.2 Å². The third-order valence-corrected chi connectivity index (χ3v) is 3.59. The zero-order valence-electron chi connectivity index (χ0n) is 18.2. The fourth-order valence-electron chi connectivity index (χ4n) is 2.01. The van der Waals surface area contributed by atoms with Crippen molar-refractivity contribution >= 4 is 30.7 Å². The number of carbonyl (C=O) groups is 5. The summed E-state index contributed by atoms with van der Waals surface area (Å²) in [5.74, 6) is -0.994. The molecule has 0 heterocycles. The smallest absolute Gasteiger partial charge is 0.334 e. The van der Waals surface area contributed by atoms with E-state index in [2.05, 4.69) is 0 Å². The second kappa shape index (κ2) is 17.9. The monoisotopic (exact) mass is 438 g/mol. The SMILES string of the molecule is CN(C)OCCOCCC(=O)ON(C)C(=O)CCC=O.O=CC1=C(C=O)CC=CC=C1. The molecular weight excluding hydrogens is 408 g/mol. The van der Waals surface area contributed by atoms with Crippen molar-refractivity contribution in [2.24, 2.45) is 0 Å². The molecule has 1 aliphatic rings. The maximum absolute atomic E-state index is 11.4. The summed E-state index contributed by atoms with van der Waals surface area (Å²) in [6, 6.07) is 0. The number of nitrogens with zero attached hydrogens (tertiary/aromatic N) is 2. The van der Waals surface area contributed by atoms with Crippen LogP contribution in [0.15, 0.2) is 35.5 Å². The van der Waals surface area contributed by atoms with Crippen molar-refractivity contribution in [1.29, 1.82) is 0 Å². The lowest BCUT2D eigenvalue weighted by molar-refractivity contribution is -0.193. The topological polar surface area (TPSA) is 120 Å². The van der Waals surface area contributed by atoms with Gasteiger partial charge in [0.1, 0.15) is 18.9 Å². The number of hydrogen-bond donors (Lipinski definition) is 0. The molecular formula is C21H30N2O8. The summed E-state index contributed by atoms with van der Waals surface area (Å²) in [7, 11) is 4.85. The van der Waals surface area contributed by atoms with E-state index in [1.54, 1.807) is 31.3 Å². The maximum atomic E-state index is 11.4. The number of amides is 1. The van der Waals surface area contributed by atoms with Crippen molar-refractivity contribution in [1.82, 2.24) is 10.1 Å². The van der Waals surface area contributed by atoms with Gasteiger partial charge in [-0.1, -0.05) is 24.3 Å². The minimum atomic E-state index is -0.569. The molecule has 0 saturated carbocycles. The molecule has 0 N–H and O–H groups in total. The number of ether oxygens (including phenoxy) is 1. The van der Waals surface area contributed by atoms with Crippen LogP contribution in [0, 0.1) is 0 Å². The van der Waals surface area contributed by atoms with E-state index >= 15 is 0 Å². The van der Waals surface area contributed by atoms with Crippen LogP contribution in [-0.2, 0) is 38.4 Å². The molecule has 31 heavy (non-hydrogen) atoms. The predicted molar refractivity (Wildman–Crippen MR) is 111 cm³/mol. The highest BCUT2D eigenvalue weighted by Crippen LogP contribution is 2.10. The van der Waals surface area contributed by atoms with Crippen molar-refractivity contribution < 1.29 is 38.4 Å². The van der Waals surface area contributed by atoms with E-state index in [0.29, 0.717) is 43.4 Å². The Bertz CT molecular complexity index is 683. The van der Waals surface area contributed by atoms with Gasteiger partial charge in [0.2, 0.25) is 0 Å². The third kappa shape index (κ3) is 14.6. The summed E-state index contributed by atoms with van der Waals surface area (Å²) in [5, 5.41) is 2.39. The summed E-state index contributed by atoms with van der Waals surface area (Å²) in [4.78, 5) is 63.5. The molecule has 0 spiro atoms. The number of aldehydes is 3. The minimum Gasteiger partial charge on any atom is -0.378 e. The Labute approximate surface area is 182 Å². The molecule has 10 nitrogen and oxygen atoms in total. The van der Waals surface area contributed by atoms with Gasteiger partial charge in [-0.25, -0.2) is 4.79 Å². The highest BCUT2D eigenvalue weighted by atomic mass is 16.7. The molecule has 0 aromatic carbocycles. The summed E-state index contributed by atoms with van der Waals surface area (Å²) in [6.45, 7) is 0.942. The van der Waals surface area contributed by atoms with E-state index in [0.717, 1.165) is 11.3 Å². The molecule has 0 unspecified atom stereocenters. The van der Waals surface area contributed by atoms with Crippen LogP contribution in [0.1, 0.15) is 25.7 Å². The van der Waals surface area contributed by atoms with Gasteiger partial charge < -0.3 is 14.4 Å². The fourth-order valence-corrected chi connectivity index (χ4v) is 2.01. The number of allylic oxidation sites excluding steroid dienone is 6. The molecule has 0 aromatic heterocycles. The Morgan fingerprint density at radius 3 is 2.35 bits per heavy atom. The van der Waals surface area contributed by atoms with Crippen molar-refractivity contribution in [2.45, 2.75) is 25.7 Å². The van der Waals surface area contributed by atoms with E-state index in [1.807, 2.05) is 12.2 Å². The zero-order chi connectivity index (χ0) is 23.5. The van der Waals surface area contributed by atoms with Gasteiger partial charge in [-0.2, -0.15) is 10.1 Å². The van der Waals surface area contributed by atoms with Crippen molar-refractivity contribution in [3.05, 3.63) is 35.5 Å². The molecule has 0 aromatic rings. The van der Waals surface area contributed by atoms with Gasteiger partial charge in [-0.15, -0.1) is 0 Å². The van der Waals surface area contributed by atoms with Gasteiger partial charge in [0.25, 0.3) is 5.91 Å². The number of hydrogen-bond acceptors (Lipinski definition) is 9. The van der Waals surface area contributed by atoms with Gasteiger partial charge in [0, 0.05) is 45.1 Å². The van der Waals surface area contributed by atoms with E-state index in [9.17, 15) is 24.0 Å². The normalized spacial score (nSPS) is 12.5. The van der Waals surface area contributed by atoms with Crippen LogP contribution in [0.2, 0.25) is 0 Å². The van der Waals surface area contributed by atoms with Crippen LogP contribution < -0.4 is 0 Å². The summed E-state index contributed by atoms with van der Waals surface area (Å²) in [6.07, 6.45) is 9.82. The molecule has 0 saturated heterocycles. The van der Waals surface area contributed by atoms with E-state index in [-0.39, 0.29) is 25.9 Å². The summed E-state index contributed by atoms with van der Waals surface area (Å²) >= 11 is 0. The second-order valence-corrected chi connectivity index (χ2v) is 6.28. The molecule has 0 atom stereocenters. The Hall–Kier alpha value is -2.95. The predicted octanol–water partition coefficient (Wildman–Crippen LogP) is 0.979. The second-order valence-electron chi connectivity index (χ2n) is 6.28. The maximum Gasteiger partial charge on any atom is 0.334 e. The van der Waals surface area contributed by atoms with Crippen molar-refractivity contribution in [3.8, 4) is 0 Å². The lowest BCUT2D eigenvalue weighted by atomic mass is 10.1. The molecule has 172 valence electrons.